The Bertz CT molecular complexity index is 811. The summed E-state index contributed by atoms with van der Waals surface area (Å²) in [4.78, 5) is 16.6. The van der Waals surface area contributed by atoms with E-state index in [0.717, 1.165) is 37.2 Å². The van der Waals surface area contributed by atoms with Crippen LogP contribution >= 0.6 is 11.6 Å². The Labute approximate surface area is 167 Å². The first-order chi connectivity index (χ1) is 12.9. The highest BCUT2D eigenvalue weighted by Gasteiger charge is 2.21. The summed E-state index contributed by atoms with van der Waals surface area (Å²) in [5.41, 5.74) is 1.43. The van der Waals surface area contributed by atoms with Crippen molar-refractivity contribution in [2.24, 2.45) is 5.92 Å². The summed E-state index contributed by atoms with van der Waals surface area (Å²) in [5.74, 6) is 1.88. The second kappa shape index (κ2) is 9.02. The molecule has 0 radical (unpaired) electrons. The molecule has 1 heterocycles. The largest absolute Gasteiger partial charge is 0.441 e. The second-order valence-electron chi connectivity index (χ2n) is 7.28. The minimum atomic E-state index is -1.33. The van der Waals surface area contributed by atoms with Gasteiger partial charge in [0.1, 0.15) is 11.5 Å². The van der Waals surface area contributed by atoms with E-state index < -0.39 is 10.8 Å². The second-order valence-corrected chi connectivity index (χ2v) is 9.18. The fourth-order valence-electron chi connectivity index (χ4n) is 3.30. The van der Waals surface area contributed by atoms with Gasteiger partial charge >= 0.3 is 0 Å². The van der Waals surface area contributed by atoms with Crippen LogP contribution in [0.1, 0.15) is 44.1 Å². The number of carbonyl (C=O) groups excluding carboxylic acids is 1. The van der Waals surface area contributed by atoms with E-state index in [0.29, 0.717) is 22.4 Å². The maximum Gasteiger partial charge on any atom is 0.232 e. The van der Waals surface area contributed by atoms with Crippen molar-refractivity contribution in [1.82, 2.24) is 10.3 Å². The van der Waals surface area contributed by atoms with Gasteiger partial charge in [-0.05, 0) is 62.8 Å². The highest BCUT2D eigenvalue weighted by Crippen LogP contribution is 2.25. The molecule has 1 aromatic heterocycles. The topological polar surface area (TPSA) is 72.2 Å². The third kappa shape index (κ3) is 5.66. The molecule has 1 amide bonds. The molecule has 1 N–H and O–H groups in total. The number of aromatic nitrogens is 1. The Morgan fingerprint density at radius 2 is 1.93 bits per heavy atom. The molecule has 5 nitrogen and oxygen atoms in total. The lowest BCUT2D eigenvalue weighted by atomic mass is 9.87. The van der Waals surface area contributed by atoms with Gasteiger partial charge in [-0.25, -0.2) is 4.98 Å². The van der Waals surface area contributed by atoms with Gasteiger partial charge in [-0.2, -0.15) is 0 Å². The van der Waals surface area contributed by atoms with Crippen LogP contribution in [0, 0.1) is 12.8 Å². The van der Waals surface area contributed by atoms with Crippen molar-refractivity contribution < 1.29 is 13.4 Å². The quantitative estimate of drug-likeness (QED) is 0.775. The monoisotopic (exact) mass is 408 g/mol. The number of benzene rings is 1. The van der Waals surface area contributed by atoms with Crippen LogP contribution in [0.5, 0.6) is 0 Å². The number of rotatable bonds is 6. The van der Waals surface area contributed by atoms with E-state index in [1.54, 1.807) is 19.1 Å². The van der Waals surface area contributed by atoms with E-state index in [4.69, 9.17) is 16.0 Å². The Morgan fingerprint density at radius 1 is 1.26 bits per heavy atom. The number of nitrogens with one attached hydrogen (secondary N) is 1. The number of nitrogens with zero attached hydrogens (tertiary/aromatic N) is 1. The van der Waals surface area contributed by atoms with Gasteiger partial charge in [0.15, 0.2) is 0 Å². The van der Waals surface area contributed by atoms with Crippen LogP contribution in [0.3, 0.4) is 0 Å². The molecule has 1 aliphatic carbocycles. The van der Waals surface area contributed by atoms with Crippen molar-refractivity contribution in [2.45, 2.75) is 51.3 Å². The first kappa shape index (κ1) is 20.1. The van der Waals surface area contributed by atoms with E-state index in [9.17, 15) is 9.00 Å². The Balaban J connectivity index is 1.54. The summed E-state index contributed by atoms with van der Waals surface area (Å²) in [7, 11) is -1.33. The zero-order chi connectivity index (χ0) is 19.4. The van der Waals surface area contributed by atoms with Crippen molar-refractivity contribution >= 4 is 28.3 Å². The number of amides is 1. The predicted molar refractivity (Wildman–Crippen MR) is 108 cm³/mol. The lowest BCUT2D eigenvalue weighted by Crippen LogP contribution is -2.39. The Morgan fingerprint density at radius 3 is 2.59 bits per heavy atom. The molecular formula is C20H25ClN2O3S. The van der Waals surface area contributed by atoms with Gasteiger partial charge in [-0.3, -0.25) is 9.00 Å². The summed E-state index contributed by atoms with van der Waals surface area (Å²) < 4.78 is 18.1. The van der Waals surface area contributed by atoms with Crippen molar-refractivity contribution in [2.75, 3.05) is 5.75 Å². The van der Waals surface area contributed by atoms with Crippen LogP contribution in [0.4, 0.5) is 0 Å². The molecule has 7 heteroatoms. The molecule has 0 saturated heterocycles. The van der Waals surface area contributed by atoms with E-state index in [2.05, 4.69) is 17.2 Å². The molecule has 1 aromatic carbocycles. The first-order valence-electron chi connectivity index (χ1n) is 9.27. The number of halogens is 1. The zero-order valence-corrected chi connectivity index (χ0v) is 17.2. The highest BCUT2D eigenvalue weighted by atomic mass is 35.5. The van der Waals surface area contributed by atoms with Gasteiger partial charge in [0, 0.05) is 27.4 Å². The van der Waals surface area contributed by atoms with Crippen LogP contribution in [0.15, 0.2) is 28.7 Å². The lowest BCUT2D eigenvalue weighted by molar-refractivity contribution is -0.119. The smallest absolute Gasteiger partial charge is 0.232 e. The molecule has 3 rings (SSSR count). The van der Waals surface area contributed by atoms with E-state index in [1.165, 1.54) is 0 Å². The number of aryl methyl sites for hydroxylation is 1. The van der Waals surface area contributed by atoms with Gasteiger partial charge in [0.05, 0.1) is 11.4 Å². The molecule has 1 aliphatic rings. The van der Waals surface area contributed by atoms with Crippen molar-refractivity contribution in [3.05, 3.63) is 40.7 Å². The van der Waals surface area contributed by atoms with Crippen molar-refractivity contribution in [1.29, 1.82) is 0 Å². The van der Waals surface area contributed by atoms with E-state index in [1.807, 2.05) is 12.1 Å². The van der Waals surface area contributed by atoms with Crippen LogP contribution < -0.4 is 5.32 Å². The van der Waals surface area contributed by atoms with E-state index >= 15 is 0 Å². The van der Waals surface area contributed by atoms with Crippen LogP contribution in [-0.2, 0) is 21.3 Å². The fourth-order valence-corrected chi connectivity index (χ4v) is 4.48. The fraction of sp³-hybridized carbons (Fsp3) is 0.500. The van der Waals surface area contributed by atoms with Crippen molar-refractivity contribution in [3.63, 3.8) is 0 Å². The Kier molecular flexibility index (Phi) is 6.71. The van der Waals surface area contributed by atoms with Crippen LogP contribution in [0.2, 0.25) is 5.02 Å². The zero-order valence-electron chi connectivity index (χ0n) is 15.7. The first-order valence-corrected chi connectivity index (χ1v) is 11.1. The van der Waals surface area contributed by atoms with Gasteiger partial charge in [0.25, 0.3) is 0 Å². The van der Waals surface area contributed by atoms with Gasteiger partial charge < -0.3 is 9.73 Å². The van der Waals surface area contributed by atoms with E-state index in [-0.39, 0.29) is 23.5 Å². The molecule has 1 saturated carbocycles. The predicted octanol–water partition coefficient (Wildman–Crippen LogP) is 4.25. The minimum absolute atomic E-state index is 0.00533. The third-order valence-electron chi connectivity index (χ3n) is 4.95. The normalized spacial score (nSPS) is 21.0. The third-order valence-corrected chi connectivity index (χ3v) is 6.39. The van der Waals surface area contributed by atoms with Crippen LogP contribution in [-0.4, -0.2) is 26.9 Å². The summed E-state index contributed by atoms with van der Waals surface area (Å²) in [5, 5.41) is 3.66. The maximum atomic E-state index is 12.4. The van der Waals surface area contributed by atoms with Crippen LogP contribution in [0.25, 0.3) is 11.5 Å². The summed E-state index contributed by atoms with van der Waals surface area (Å²) >= 11 is 5.90. The summed E-state index contributed by atoms with van der Waals surface area (Å²) in [6.45, 7) is 4.04. The summed E-state index contributed by atoms with van der Waals surface area (Å²) in [6.07, 6.45) is 4.29. The Hall–Kier alpha value is -1.66. The number of hydrogen-bond acceptors (Lipinski definition) is 4. The molecule has 0 bridgehead atoms. The molecule has 146 valence electrons. The molecular weight excluding hydrogens is 384 g/mol. The SMILES string of the molecule is Cc1oc(-c2ccc(Cl)cc2)nc1C[S@@](=O)CC(=O)NC1CCC(C)CC1. The van der Waals surface area contributed by atoms with Crippen molar-refractivity contribution in [3.8, 4) is 11.5 Å². The lowest BCUT2D eigenvalue weighted by Gasteiger charge is -2.26. The average Bonchev–Trinajstić information content (AvgIpc) is 2.98. The maximum absolute atomic E-state index is 12.4. The van der Waals surface area contributed by atoms with Gasteiger partial charge in [-0.1, -0.05) is 18.5 Å². The molecule has 2 aromatic rings. The molecule has 0 aliphatic heterocycles. The number of oxazole rings is 1. The average molecular weight is 409 g/mol. The molecule has 0 unspecified atom stereocenters. The minimum Gasteiger partial charge on any atom is -0.441 e. The van der Waals surface area contributed by atoms with Gasteiger partial charge in [-0.15, -0.1) is 0 Å². The molecule has 27 heavy (non-hydrogen) atoms. The summed E-state index contributed by atoms with van der Waals surface area (Å²) in [6, 6.07) is 7.41. The standard InChI is InChI=1S/C20H25ClN2O3S/c1-13-3-9-17(10-4-13)22-19(24)12-27(25)11-18-14(2)26-20(23-18)15-5-7-16(21)8-6-15/h5-8,13,17H,3-4,9-12H2,1-2H3,(H,22,24)/t13?,17?,27-/m1/s1. The number of hydrogen-bond donors (Lipinski definition) is 1. The molecule has 1 atom stereocenters. The molecule has 1 fully saturated rings. The van der Waals surface area contributed by atoms with Gasteiger partial charge in [0.2, 0.25) is 11.8 Å². The number of carbonyl (C=O) groups is 1. The highest BCUT2D eigenvalue weighted by molar-refractivity contribution is 7.84. The molecule has 0 spiro atoms.